The molecule has 0 atom stereocenters. The molecule has 0 unspecified atom stereocenters. The van der Waals surface area contributed by atoms with E-state index in [1.165, 1.54) is 0 Å². The second-order valence-electron chi connectivity index (χ2n) is 6.82. The lowest BCUT2D eigenvalue weighted by molar-refractivity contribution is -0.0496. The van der Waals surface area contributed by atoms with Crippen LogP contribution in [0.4, 0.5) is 13.2 Å². The van der Waals surface area contributed by atoms with E-state index in [0.29, 0.717) is 36.2 Å². The number of hydrogen-bond acceptors (Lipinski definition) is 4. The Morgan fingerprint density at radius 3 is 2.25 bits per heavy atom. The Labute approximate surface area is 166 Å². The Morgan fingerprint density at radius 1 is 1.14 bits per heavy atom. The molecule has 1 heterocycles. The van der Waals surface area contributed by atoms with Crippen LogP contribution in [0.15, 0.2) is 4.99 Å². The molecular formula is C17H34F3N5O2S. The van der Waals surface area contributed by atoms with Crippen molar-refractivity contribution in [3.8, 4) is 0 Å². The number of halogens is 3. The molecule has 1 saturated heterocycles. The molecule has 28 heavy (non-hydrogen) atoms. The lowest BCUT2D eigenvalue weighted by atomic mass is 9.98. The molecule has 0 bridgehead atoms. The van der Waals surface area contributed by atoms with Crippen LogP contribution in [0.1, 0.15) is 40.0 Å². The minimum absolute atomic E-state index is 0.0748. The molecule has 11 heteroatoms. The molecule has 0 spiro atoms. The smallest absolute Gasteiger partial charge is 0.357 e. The second-order valence-corrected chi connectivity index (χ2v) is 8.75. The van der Waals surface area contributed by atoms with Crippen LogP contribution in [0, 0.1) is 5.92 Å². The van der Waals surface area contributed by atoms with Gasteiger partial charge in [-0.3, -0.25) is 4.99 Å². The van der Waals surface area contributed by atoms with Crippen molar-refractivity contribution in [3.63, 3.8) is 0 Å². The highest BCUT2D eigenvalue weighted by Gasteiger charge is 2.50. The maximum atomic E-state index is 12.6. The molecule has 0 aromatic carbocycles. The van der Waals surface area contributed by atoms with E-state index in [4.69, 9.17) is 0 Å². The summed E-state index contributed by atoms with van der Waals surface area (Å²) in [6, 6.07) is 0. The van der Waals surface area contributed by atoms with Gasteiger partial charge in [0, 0.05) is 32.7 Å². The number of rotatable bonds is 10. The Morgan fingerprint density at radius 2 is 1.75 bits per heavy atom. The van der Waals surface area contributed by atoms with Crippen molar-refractivity contribution < 1.29 is 21.6 Å². The maximum Gasteiger partial charge on any atom is 0.511 e. The van der Waals surface area contributed by atoms with Gasteiger partial charge in [0.25, 0.3) is 0 Å². The third-order valence-electron chi connectivity index (χ3n) is 4.90. The Bertz CT molecular complexity index is 572. The van der Waals surface area contributed by atoms with Crippen LogP contribution < -0.4 is 10.6 Å². The van der Waals surface area contributed by atoms with Crippen LogP contribution in [0.5, 0.6) is 0 Å². The fourth-order valence-corrected chi connectivity index (χ4v) is 4.07. The lowest BCUT2D eigenvalue weighted by Gasteiger charge is -2.30. The minimum atomic E-state index is -5.23. The number of hydrogen-bond donors (Lipinski definition) is 2. The largest absolute Gasteiger partial charge is 0.511 e. The summed E-state index contributed by atoms with van der Waals surface area (Å²) < 4.78 is 61.3. The van der Waals surface area contributed by atoms with Gasteiger partial charge in [0.2, 0.25) is 0 Å². The predicted molar refractivity (Wildman–Crippen MR) is 106 cm³/mol. The topological polar surface area (TPSA) is 77.0 Å². The van der Waals surface area contributed by atoms with Gasteiger partial charge in [-0.25, -0.2) is 8.42 Å². The third kappa shape index (κ3) is 7.75. The summed E-state index contributed by atoms with van der Waals surface area (Å²) in [6.07, 6.45) is 1.74. The zero-order valence-electron chi connectivity index (χ0n) is 17.1. The van der Waals surface area contributed by atoms with E-state index in [9.17, 15) is 21.6 Å². The van der Waals surface area contributed by atoms with Gasteiger partial charge in [-0.1, -0.05) is 13.8 Å². The predicted octanol–water partition coefficient (Wildman–Crippen LogP) is 1.84. The van der Waals surface area contributed by atoms with E-state index in [1.807, 2.05) is 6.92 Å². The Kier molecular flexibility index (Phi) is 10.5. The van der Waals surface area contributed by atoms with Gasteiger partial charge < -0.3 is 15.5 Å². The van der Waals surface area contributed by atoms with Crippen molar-refractivity contribution in [3.05, 3.63) is 0 Å². The summed E-state index contributed by atoms with van der Waals surface area (Å²) in [4.78, 5) is 6.86. The monoisotopic (exact) mass is 429 g/mol. The number of aliphatic imine (C=N–C) groups is 1. The summed E-state index contributed by atoms with van der Waals surface area (Å²) >= 11 is 0. The fourth-order valence-electron chi connectivity index (χ4n) is 3.09. The molecule has 0 aliphatic carbocycles. The van der Waals surface area contributed by atoms with E-state index in [0.717, 1.165) is 32.6 Å². The first-order chi connectivity index (χ1) is 13.2. The summed E-state index contributed by atoms with van der Waals surface area (Å²) in [5, 5.41) is 6.44. The highest BCUT2D eigenvalue weighted by Crippen LogP contribution is 2.30. The molecule has 0 aromatic rings. The minimum Gasteiger partial charge on any atom is -0.357 e. The standard InChI is InChI=1S/C17H34F3N5O2S/c1-4-21-16(22-10-7-11-24(5-2)6-3)23-14-15-8-12-25(13-9-15)28(26,27)17(18,19)20/h15H,4-14H2,1-3H3,(H2,21,22,23). The number of sulfonamides is 1. The van der Waals surface area contributed by atoms with Gasteiger partial charge in [0.05, 0.1) is 0 Å². The van der Waals surface area contributed by atoms with Crippen molar-refractivity contribution in [1.29, 1.82) is 0 Å². The molecule has 0 aromatic heterocycles. The van der Waals surface area contributed by atoms with Crippen LogP contribution >= 0.6 is 0 Å². The molecule has 1 rings (SSSR count). The highest BCUT2D eigenvalue weighted by molar-refractivity contribution is 7.90. The number of nitrogens with zero attached hydrogens (tertiary/aromatic N) is 3. The van der Waals surface area contributed by atoms with Crippen LogP contribution in [0.25, 0.3) is 0 Å². The summed E-state index contributed by atoms with van der Waals surface area (Å²) in [5.74, 6) is 0.762. The summed E-state index contributed by atoms with van der Waals surface area (Å²) in [5.41, 5.74) is -5.23. The van der Waals surface area contributed by atoms with Gasteiger partial charge in [-0.05, 0) is 51.7 Å². The van der Waals surface area contributed by atoms with Crippen molar-refractivity contribution in [2.24, 2.45) is 10.9 Å². The van der Waals surface area contributed by atoms with Crippen LogP contribution in [0.3, 0.4) is 0 Å². The van der Waals surface area contributed by atoms with Crippen molar-refractivity contribution >= 4 is 16.0 Å². The number of alkyl halides is 3. The average molecular weight is 430 g/mol. The van der Waals surface area contributed by atoms with Crippen molar-refractivity contribution in [1.82, 2.24) is 19.8 Å². The van der Waals surface area contributed by atoms with E-state index in [-0.39, 0.29) is 19.0 Å². The SMILES string of the molecule is CCNC(=NCC1CCN(S(=O)(=O)C(F)(F)F)CC1)NCCCN(CC)CC. The van der Waals surface area contributed by atoms with Gasteiger partial charge in [0.15, 0.2) is 5.96 Å². The first-order valence-corrected chi connectivity index (χ1v) is 11.4. The first kappa shape index (κ1) is 25.0. The maximum absolute atomic E-state index is 12.6. The summed E-state index contributed by atoms with van der Waals surface area (Å²) in [6.45, 7) is 11.0. The Hall–Kier alpha value is -1.07. The van der Waals surface area contributed by atoms with E-state index < -0.39 is 15.5 Å². The molecule has 1 aliphatic rings. The number of guanidine groups is 1. The normalized spacial score (nSPS) is 17.9. The quantitative estimate of drug-likeness (QED) is 0.315. The number of piperidine rings is 1. The van der Waals surface area contributed by atoms with Crippen LogP contribution in [-0.2, 0) is 10.0 Å². The van der Waals surface area contributed by atoms with Gasteiger partial charge >= 0.3 is 15.5 Å². The fraction of sp³-hybridized carbons (Fsp3) is 0.941. The zero-order chi connectivity index (χ0) is 21.2. The molecule has 0 saturated carbocycles. The van der Waals surface area contributed by atoms with Gasteiger partial charge in [-0.2, -0.15) is 17.5 Å². The zero-order valence-corrected chi connectivity index (χ0v) is 17.9. The lowest BCUT2D eigenvalue weighted by Crippen LogP contribution is -2.45. The van der Waals surface area contributed by atoms with Gasteiger partial charge in [-0.15, -0.1) is 0 Å². The Balaban J connectivity index is 2.45. The van der Waals surface area contributed by atoms with Crippen LogP contribution in [-0.4, -0.2) is 81.4 Å². The second kappa shape index (κ2) is 11.8. The molecule has 1 aliphatic heterocycles. The molecule has 166 valence electrons. The number of nitrogens with one attached hydrogen (secondary N) is 2. The molecule has 0 amide bonds. The van der Waals surface area contributed by atoms with Crippen LogP contribution in [0.2, 0.25) is 0 Å². The van der Waals surface area contributed by atoms with Crippen molar-refractivity contribution in [2.45, 2.75) is 45.5 Å². The molecule has 2 N–H and O–H groups in total. The van der Waals surface area contributed by atoms with Crippen molar-refractivity contribution in [2.75, 3.05) is 52.4 Å². The van der Waals surface area contributed by atoms with E-state index in [2.05, 4.69) is 34.4 Å². The molecule has 0 radical (unpaired) electrons. The average Bonchev–Trinajstić information content (AvgIpc) is 2.65. The summed E-state index contributed by atoms with van der Waals surface area (Å²) in [7, 11) is -5.22. The van der Waals surface area contributed by atoms with E-state index in [1.54, 1.807) is 0 Å². The molecule has 1 fully saturated rings. The first-order valence-electron chi connectivity index (χ1n) is 9.96. The van der Waals surface area contributed by atoms with Gasteiger partial charge in [0.1, 0.15) is 0 Å². The third-order valence-corrected chi connectivity index (χ3v) is 6.53. The highest BCUT2D eigenvalue weighted by atomic mass is 32.2. The van der Waals surface area contributed by atoms with E-state index >= 15 is 0 Å². The molecular weight excluding hydrogens is 395 g/mol. The molecule has 7 nitrogen and oxygen atoms in total.